The van der Waals surface area contributed by atoms with Gasteiger partial charge in [-0.2, -0.15) is 27.0 Å². The second-order valence-corrected chi connectivity index (χ2v) is 6.39. The molecule has 2 aromatic heterocycles. The highest BCUT2D eigenvalue weighted by atomic mass is 32.1. The summed E-state index contributed by atoms with van der Waals surface area (Å²) in [6, 6.07) is 3.60. The van der Waals surface area contributed by atoms with Crippen molar-refractivity contribution < 1.29 is 4.74 Å². The molecule has 0 unspecified atom stereocenters. The van der Waals surface area contributed by atoms with Gasteiger partial charge in [-0.05, 0) is 18.9 Å². The third kappa shape index (κ3) is 3.89. The first kappa shape index (κ1) is 20.7. The van der Waals surface area contributed by atoms with E-state index in [1.54, 1.807) is 23.9 Å². The van der Waals surface area contributed by atoms with E-state index in [9.17, 15) is 4.79 Å². The van der Waals surface area contributed by atoms with E-state index in [2.05, 4.69) is 14.9 Å². The molecule has 0 N–H and O–H groups in total. The molecule has 3 heterocycles. The molecule has 1 aliphatic heterocycles. The van der Waals surface area contributed by atoms with E-state index in [4.69, 9.17) is 9.72 Å². The number of hydrogen-bond donors (Lipinski definition) is 0. The van der Waals surface area contributed by atoms with Crippen molar-refractivity contribution in [3.05, 3.63) is 35.0 Å². The number of rotatable bonds is 2. The van der Waals surface area contributed by atoms with Crippen molar-refractivity contribution in [2.45, 2.75) is 37.8 Å². The van der Waals surface area contributed by atoms with Gasteiger partial charge in [0.25, 0.3) is 5.56 Å². The van der Waals surface area contributed by atoms with Crippen LogP contribution in [0.1, 0.15) is 25.7 Å². The Hall–Kier alpha value is -1.58. The van der Waals surface area contributed by atoms with Crippen LogP contribution < -0.4 is 10.5 Å². The van der Waals surface area contributed by atoms with Gasteiger partial charge in [-0.25, -0.2) is 15.0 Å². The number of fused-ring (bicyclic) bond motifs is 1. The first-order chi connectivity index (χ1) is 11.7. The van der Waals surface area contributed by atoms with E-state index in [1.807, 2.05) is 0 Å². The first-order valence-corrected chi connectivity index (χ1v) is 8.47. The van der Waals surface area contributed by atoms with Gasteiger partial charge in [0, 0.05) is 25.9 Å². The fourth-order valence-corrected chi connectivity index (χ4v) is 3.70. The predicted molar refractivity (Wildman–Crippen MR) is 111 cm³/mol. The molecule has 2 atom stereocenters. The third-order valence-electron chi connectivity index (χ3n) is 4.94. The Morgan fingerprint density at radius 2 is 2.00 bits per heavy atom. The minimum atomic E-state index is -0.0764. The number of morpholine rings is 1. The lowest BCUT2D eigenvalue weighted by atomic mass is 9.90. The van der Waals surface area contributed by atoms with Gasteiger partial charge in [0.2, 0.25) is 5.95 Å². The first-order valence-electron chi connectivity index (χ1n) is 8.47. The highest BCUT2D eigenvalue weighted by Gasteiger charge is 2.36. The van der Waals surface area contributed by atoms with Crippen LogP contribution in [-0.4, -0.2) is 44.8 Å². The third-order valence-corrected chi connectivity index (χ3v) is 4.94. The van der Waals surface area contributed by atoms with Crippen LogP contribution in [0.2, 0.25) is 0 Å². The van der Waals surface area contributed by atoms with Gasteiger partial charge in [-0.3, -0.25) is 9.36 Å². The van der Waals surface area contributed by atoms with E-state index < -0.39 is 0 Å². The van der Waals surface area contributed by atoms with E-state index in [1.165, 1.54) is 25.2 Å². The van der Waals surface area contributed by atoms with E-state index in [0.29, 0.717) is 30.0 Å². The molecule has 0 spiro atoms. The lowest BCUT2D eigenvalue weighted by Gasteiger charge is -2.44. The summed E-state index contributed by atoms with van der Waals surface area (Å²) >= 11 is 0. The van der Waals surface area contributed by atoms with E-state index in [0.717, 1.165) is 19.4 Å². The van der Waals surface area contributed by atoms with Crippen LogP contribution in [-0.2, 0) is 11.8 Å². The smallest absolute Gasteiger partial charge is 0.255 e. The minimum Gasteiger partial charge on any atom is -0.374 e. The second-order valence-electron chi connectivity index (χ2n) is 6.39. The normalized spacial score (nSPS) is 22.0. The van der Waals surface area contributed by atoms with Crippen molar-refractivity contribution in [3.8, 4) is 11.4 Å². The molecule has 0 radical (unpaired) electrons. The highest BCUT2D eigenvalue weighted by molar-refractivity contribution is 7.59. The van der Waals surface area contributed by atoms with Crippen LogP contribution in [0.15, 0.2) is 29.5 Å². The lowest BCUT2D eigenvalue weighted by molar-refractivity contribution is -0.00959. The lowest BCUT2D eigenvalue weighted by Crippen LogP contribution is -2.54. The number of ether oxygens (including phenoxy) is 1. The highest BCUT2D eigenvalue weighted by Crippen LogP contribution is 2.31. The molecule has 4 rings (SSSR count). The fourth-order valence-electron chi connectivity index (χ4n) is 3.70. The van der Waals surface area contributed by atoms with Gasteiger partial charge in [0.1, 0.15) is 6.33 Å². The second kappa shape index (κ2) is 8.88. The van der Waals surface area contributed by atoms with Gasteiger partial charge in [-0.15, -0.1) is 0 Å². The van der Waals surface area contributed by atoms with Crippen molar-refractivity contribution in [1.82, 2.24) is 19.5 Å². The van der Waals surface area contributed by atoms with Crippen LogP contribution >= 0.6 is 27.0 Å². The van der Waals surface area contributed by atoms with Gasteiger partial charge < -0.3 is 9.64 Å². The molecule has 0 bridgehead atoms. The quantitative estimate of drug-likeness (QED) is 0.769. The summed E-state index contributed by atoms with van der Waals surface area (Å²) in [5, 5.41) is 0. The van der Waals surface area contributed by atoms with Crippen LogP contribution in [0.25, 0.3) is 11.4 Å². The molecular formula is C17H25N5O2S2. The van der Waals surface area contributed by atoms with Crippen LogP contribution in [0, 0.1) is 0 Å². The van der Waals surface area contributed by atoms with Crippen molar-refractivity contribution in [2.75, 3.05) is 18.1 Å². The SMILES string of the molecule is Cn1c(N2CCO[C@H]3CCCC[C@@H]32)nc(-c2ccncn2)cc1=O.S.S. The maximum atomic E-state index is 12.5. The van der Waals surface area contributed by atoms with Crippen molar-refractivity contribution in [2.24, 2.45) is 7.05 Å². The number of aromatic nitrogens is 4. The van der Waals surface area contributed by atoms with Gasteiger partial charge >= 0.3 is 0 Å². The summed E-state index contributed by atoms with van der Waals surface area (Å²) in [6.45, 7) is 1.43. The van der Waals surface area contributed by atoms with Crippen molar-refractivity contribution in [3.63, 3.8) is 0 Å². The maximum Gasteiger partial charge on any atom is 0.255 e. The van der Waals surface area contributed by atoms with Crippen LogP contribution in [0.3, 0.4) is 0 Å². The zero-order valence-corrected chi connectivity index (χ0v) is 16.8. The molecule has 2 fully saturated rings. The molecule has 9 heteroatoms. The standard InChI is InChI=1S/C17H21N5O2.2H2S/c1-21-16(23)10-13(12-6-7-18-11-19-12)20-17(21)22-8-9-24-15-5-3-2-4-14(15)22;;/h6-7,10-11,14-15H,2-5,8-9H2,1H3;2*1H2/t14-,15-;;/m0../s1. The zero-order chi connectivity index (χ0) is 16.5. The Balaban J connectivity index is 0.00000121. The minimum absolute atomic E-state index is 0. The Labute approximate surface area is 166 Å². The maximum absolute atomic E-state index is 12.5. The fraction of sp³-hybridized carbons (Fsp3) is 0.529. The van der Waals surface area contributed by atoms with Crippen molar-refractivity contribution >= 4 is 32.9 Å². The number of nitrogens with zero attached hydrogens (tertiary/aromatic N) is 5. The average Bonchev–Trinajstić information content (AvgIpc) is 2.64. The molecule has 2 aromatic rings. The Bertz CT molecular complexity index is 784. The van der Waals surface area contributed by atoms with E-state index in [-0.39, 0.29) is 38.7 Å². The summed E-state index contributed by atoms with van der Waals surface area (Å²) in [5.41, 5.74) is 1.18. The molecule has 142 valence electrons. The Morgan fingerprint density at radius 1 is 1.19 bits per heavy atom. The molecule has 1 aliphatic carbocycles. The molecule has 0 amide bonds. The average molecular weight is 396 g/mol. The molecule has 1 saturated heterocycles. The number of anilines is 1. The summed E-state index contributed by atoms with van der Waals surface area (Å²) in [4.78, 5) is 27.6. The zero-order valence-electron chi connectivity index (χ0n) is 14.8. The predicted octanol–water partition coefficient (Wildman–Crippen LogP) is 1.61. The molecular weight excluding hydrogens is 370 g/mol. The van der Waals surface area contributed by atoms with Gasteiger partial charge in [0.05, 0.1) is 30.1 Å². The van der Waals surface area contributed by atoms with Crippen LogP contribution in [0.4, 0.5) is 5.95 Å². The van der Waals surface area contributed by atoms with Gasteiger partial charge in [-0.1, -0.05) is 12.8 Å². The Morgan fingerprint density at radius 3 is 2.77 bits per heavy atom. The summed E-state index contributed by atoms with van der Waals surface area (Å²) in [5.74, 6) is 0.705. The summed E-state index contributed by atoms with van der Waals surface area (Å²) in [7, 11) is 1.78. The monoisotopic (exact) mass is 395 g/mol. The topological polar surface area (TPSA) is 73.1 Å². The molecule has 26 heavy (non-hydrogen) atoms. The summed E-state index contributed by atoms with van der Waals surface area (Å²) in [6.07, 6.45) is 7.95. The molecule has 0 aromatic carbocycles. The van der Waals surface area contributed by atoms with Crippen molar-refractivity contribution in [1.29, 1.82) is 0 Å². The number of hydrogen-bond acceptors (Lipinski definition) is 6. The van der Waals surface area contributed by atoms with E-state index >= 15 is 0 Å². The molecule has 1 saturated carbocycles. The molecule has 2 aliphatic rings. The Kier molecular flexibility index (Phi) is 7.08. The molecule has 7 nitrogen and oxygen atoms in total. The largest absolute Gasteiger partial charge is 0.374 e. The van der Waals surface area contributed by atoms with Crippen LogP contribution in [0.5, 0.6) is 0 Å². The summed E-state index contributed by atoms with van der Waals surface area (Å²) < 4.78 is 7.57. The van der Waals surface area contributed by atoms with Gasteiger partial charge in [0.15, 0.2) is 0 Å².